The second kappa shape index (κ2) is 6.83. The van der Waals surface area contributed by atoms with E-state index in [0.717, 1.165) is 0 Å². The van der Waals surface area contributed by atoms with E-state index >= 15 is 0 Å². The van der Waals surface area contributed by atoms with Crippen LogP contribution in [0.15, 0.2) is 12.1 Å². The molecule has 0 saturated heterocycles. The number of aromatic hydroxyl groups is 1. The highest BCUT2D eigenvalue weighted by molar-refractivity contribution is 6.31. The highest BCUT2D eigenvalue weighted by Gasteiger charge is 2.19. The highest BCUT2D eigenvalue weighted by Crippen LogP contribution is 2.31. The monoisotopic (exact) mass is 292 g/mol. The van der Waals surface area contributed by atoms with Crippen LogP contribution < -0.4 is 11.1 Å². The molecule has 0 fully saturated rings. The molecule has 0 unspecified atom stereocenters. The maximum absolute atomic E-state index is 11.7. The standard InChI is InChI=1S/C12H17ClN2O2.ClH/c1-6(2)10(14)12(17)15-9-5-8(13)4-7(3)11(9)16;/h4-6,10,16H,14H2,1-3H3,(H,15,17);1H/t10-;/m0./s1. The molecule has 0 bridgehead atoms. The third-order valence-corrected chi connectivity index (χ3v) is 2.76. The fourth-order valence-electron chi connectivity index (χ4n) is 1.35. The molecule has 0 aliphatic heterocycles. The van der Waals surface area contributed by atoms with E-state index in [0.29, 0.717) is 10.6 Å². The Labute approximate surface area is 118 Å². The third-order valence-electron chi connectivity index (χ3n) is 2.54. The number of hydrogen-bond donors (Lipinski definition) is 3. The summed E-state index contributed by atoms with van der Waals surface area (Å²) >= 11 is 5.85. The summed E-state index contributed by atoms with van der Waals surface area (Å²) in [5.41, 5.74) is 6.60. The molecule has 0 spiro atoms. The van der Waals surface area contributed by atoms with Crippen LogP contribution in [0.2, 0.25) is 5.02 Å². The molecule has 6 heteroatoms. The minimum Gasteiger partial charge on any atom is -0.505 e. The van der Waals surface area contributed by atoms with E-state index in [9.17, 15) is 9.90 Å². The number of carbonyl (C=O) groups excluding carboxylic acids is 1. The van der Waals surface area contributed by atoms with Gasteiger partial charge in [0.2, 0.25) is 5.91 Å². The summed E-state index contributed by atoms with van der Waals surface area (Å²) in [6.07, 6.45) is 0. The summed E-state index contributed by atoms with van der Waals surface area (Å²) in [5.74, 6) is -0.298. The van der Waals surface area contributed by atoms with Gasteiger partial charge in [0.15, 0.2) is 0 Å². The summed E-state index contributed by atoms with van der Waals surface area (Å²) < 4.78 is 0. The van der Waals surface area contributed by atoms with Crippen molar-refractivity contribution >= 4 is 35.6 Å². The Morgan fingerprint density at radius 3 is 2.50 bits per heavy atom. The lowest BCUT2D eigenvalue weighted by atomic mass is 10.0. The van der Waals surface area contributed by atoms with Crippen molar-refractivity contribution in [3.63, 3.8) is 0 Å². The smallest absolute Gasteiger partial charge is 0.241 e. The number of hydrogen-bond acceptors (Lipinski definition) is 3. The van der Waals surface area contributed by atoms with Crippen LogP contribution in [0.5, 0.6) is 5.75 Å². The van der Waals surface area contributed by atoms with Crippen molar-refractivity contribution in [2.24, 2.45) is 11.7 Å². The van der Waals surface area contributed by atoms with Crippen molar-refractivity contribution in [2.45, 2.75) is 26.8 Å². The molecule has 4 N–H and O–H groups in total. The first-order valence-corrected chi connectivity index (χ1v) is 5.76. The van der Waals surface area contributed by atoms with E-state index in [1.54, 1.807) is 13.0 Å². The Morgan fingerprint density at radius 1 is 1.44 bits per heavy atom. The Kier molecular flexibility index (Phi) is 6.46. The average Bonchev–Trinajstić information content (AvgIpc) is 2.23. The topological polar surface area (TPSA) is 75.4 Å². The van der Waals surface area contributed by atoms with Crippen LogP contribution in [0.4, 0.5) is 5.69 Å². The molecule has 1 amide bonds. The molecule has 0 aliphatic rings. The summed E-state index contributed by atoms with van der Waals surface area (Å²) in [7, 11) is 0. The van der Waals surface area contributed by atoms with Gasteiger partial charge in [0.05, 0.1) is 11.7 Å². The zero-order chi connectivity index (χ0) is 13.2. The lowest BCUT2D eigenvalue weighted by molar-refractivity contribution is -0.118. The van der Waals surface area contributed by atoms with Crippen molar-refractivity contribution in [1.82, 2.24) is 0 Å². The maximum atomic E-state index is 11.7. The van der Waals surface area contributed by atoms with E-state index in [1.165, 1.54) is 6.07 Å². The number of halogens is 2. The quantitative estimate of drug-likeness (QED) is 0.750. The lowest BCUT2D eigenvalue weighted by Crippen LogP contribution is -2.39. The molecule has 4 nitrogen and oxygen atoms in total. The first kappa shape index (κ1) is 17.0. The maximum Gasteiger partial charge on any atom is 0.241 e. The SMILES string of the molecule is Cc1cc(Cl)cc(NC(=O)[C@@H](N)C(C)C)c1O.Cl. The number of anilines is 1. The van der Waals surface area contributed by atoms with Crippen LogP contribution in [0, 0.1) is 12.8 Å². The minimum absolute atomic E-state index is 0. The molecule has 0 heterocycles. The second-order valence-electron chi connectivity index (χ2n) is 4.38. The first-order valence-electron chi connectivity index (χ1n) is 5.38. The highest BCUT2D eigenvalue weighted by atomic mass is 35.5. The van der Waals surface area contributed by atoms with Gasteiger partial charge in [-0.15, -0.1) is 12.4 Å². The van der Waals surface area contributed by atoms with E-state index in [-0.39, 0.29) is 35.7 Å². The number of phenolic OH excluding ortho intramolecular Hbond substituents is 1. The normalized spacial score (nSPS) is 11.9. The number of nitrogens with one attached hydrogen (secondary N) is 1. The number of carbonyl (C=O) groups is 1. The fraction of sp³-hybridized carbons (Fsp3) is 0.417. The van der Waals surface area contributed by atoms with E-state index in [4.69, 9.17) is 17.3 Å². The molecule has 0 saturated carbocycles. The predicted molar refractivity (Wildman–Crippen MR) is 76.5 cm³/mol. The van der Waals surface area contributed by atoms with Gasteiger partial charge < -0.3 is 16.2 Å². The number of nitrogens with two attached hydrogens (primary N) is 1. The van der Waals surface area contributed by atoms with E-state index in [2.05, 4.69) is 5.32 Å². The van der Waals surface area contributed by atoms with E-state index in [1.807, 2.05) is 13.8 Å². The molecule has 0 aliphatic carbocycles. The van der Waals surface area contributed by atoms with Crippen LogP contribution in [0.25, 0.3) is 0 Å². The van der Waals surface area contributed by atoms with Gasteiger partial charge in [0, 0.05) is 5.02 Å². The van der Waals surface area contributed by atoms with Gasteiger partial charge in [-0.1, -0.05) is 25.4 Å². The van der Waals surface area contributed by atoms with Gasteiger partial charge in [-0.2, -0.15) is 0 Å². The van der Waals surface area contributed by atoms with Gasteiger partial charge >= 0.3 is 0 Å². The van der Waals surface area contributed by atoms with Crippen molar-refractivity contribution in [2.75, 3.05) is 5.32 Å². The summed E-state index contributed by atoms with van der Waals surface area (Å²) in [6.45, 7) is 5.42. The molecule has 102 valence electrons. The molecule has 1 atom stereocenters. The molecule has 1 aromatic carbocycles. The zero-order valence-corrected chi connectivity index (χ0v) is 12.1. The fourth-order valence-corrected chi connectivity index (χ4v) is 1.62. The Bertz CT molecular complexity index is 436. The van der Waals surface area contributed by atoms with Crippen LogP contribution in [-0.2, 0) is 4.79 Å². The van der Waals surface area contributed by atoms with Crippen molar-refractivity contribution in [3.8, 4) is 5.75 Å². The number of amides is 1. The average molecular weight is 293 g/mol. The van der Waals surface area contributed by atoms with Gasteiger partial charge in [0.1, 0.15) is 5.75 Å². The van der Waals surface area contributed by atoms with Crippen LogP contribution in [0.1, 0.15) is 19.4 Å². The number of rotatable bonds is 3. The molecule has 1 aromatic rings. The van der Waals surface area contributed by atoms with Crippen molar-refractivity contribution in [3.05, 3.63) is 22.7 Å². The Morgan fingerprint density at radius 2 is 2.00 bits per heavy atom. The first-order chi connectivity index (χ1) is 7.82. The molecular weight excluding hydrogens is 275 g/mol. The Balaban J connectivity index is 0.00000289. The molecule has 0 radical (unpaired) electrons. The van der Waals surface area contributed by atoms with Crippen molar-refractivity contribution in [1.29, 1.82) is 0 Å². The number of benzene rings is 1. The van der Waals surface area contributed by atoms with Gasteiger partial charge in [0.25, 0.3) is 0 Å². The summed E-state index contributed by atoms with van der Waals surface area (Å²) in [5, 5.41) is 12.8. The second-order valence-corrected chi connectivity index (χ2v) is 4.81. The van der Waals surface area contributed by atoms with Gasteiger partial charge in [-0.05, 0) is 30.5 Å². The van der Waals surface area contributed by atoms with Crippen molar-refractivity contribution < 1.29 is 9.90 Å². The molecule has 1 rings (SSSR count). The summed E-state index contributed by atoms with van der Waals surface area (Å²) in [6, 6.07) is 2.50. The van der Waals surface area contributed by atoms with Crippen LogP contribution >= 0.6 is 24.0 Å². The van der Waals surface area contributed by atoms with E-state index < -0.39 is 6.04 Å². The largest absolute Gasteiger partial charge is 0.505 e. The molecule has 18 heavy (non-hydrogen) atoms. The Hall–Kier alpha value is -0.970. The minimum atomic E-state index is -0.617. The van der Waals surface area contributed by atoms with Gasteiger partial charge in [-0.25, -0.2) is 0 Å². The lowest BCUT2D eigenvalue weighted by Gasteiger charge is -2.16. The number of aryl methyl sites for hydroxylation is 1. The predicted octanol–water partition coefficient (Wildman–Crippen LogP) is 2.70. The third kappa shape index (κ3) is 4.05. The molecular formula is C12H18Cl2N2O2. The van der Waals surface area contributed by atoms with Crippen LogP contribution in [0.3, 0.4) is 0 Å². The molecule has 0 aromatic heterocycles. The number of phenols is 1. The van der Waals surface area contributed by atoms with Crippen LogP contribution in [-0.4, -0.2) is 17.1 Å². The summed E-state index contributed by atoms with van der Waals surface area (Å²) in [4.78, 5) is 11.7. The zero-order valence-electron chi connectivity index (χ0n) is 10.5. The van der Waals surface area contributed by atoms with Gasteiger partial charge in [-0.3, -0.25) is 4.79 Å².